The van der Waals surface area contributed by atoms with Crippen LogP contribution in [0.2, 0.25) is 0 Å². The highest BCUT2D eigenvalue weighted by molar-refractivity contribution is 4.95. The van der Waals surface area contributed by atoms with Gasteiger partial charge in [0.05, 0.1) is 18.2 Å². The fraction of sp³-hybridized carbons (Fsp3) is 1.00. The molecule has 0 saturated carbocycles. The van der Waals surface area contributed by atoms with E-state index in [4.69, 9.17) is 10.3 Å². The lowest BCUT2D eigenvalue weighted by atomic mass is 9.88. The van der Waals surface area contributed by atoms with Gasteiger partial charge in [-0.1, -0.05) is 5.11 Å². The summed E-state index contributed by atoms with van der Waals surface area (Å²) in [5, 5.41) is 7.01. The predicted molar refractivity (Wildman–Crippen MR) is 48.3 cm³/mol. The molecular formula is C8H14N4O. The molecule has 0 amide bonds. The largest absolute Gasteiger partial charge is 0.374 e. The van der Waals surface area contributed by atoms with E-state index in [-0.39, 0.29) is 11.6 Å². The standard InChI is InChI=1S/C8H14N4O/c9-12-11-7-5-8(13-6-7)1-3-10-4-2-8/h7,10H,1-6H2. The topological polar surface area (TPSA) is 70.0 Å². The van der Waals surface area contributed by atoms with E-state index in [0.29, 0.717) is 6.61 Å². The number of hydrogen-bond donors (Lipinski definition) is 1. The molecular weight excluding hydrogens is 168 g/mol. The second kappa shape index (κ2) is 3.54. The van der Waals surface area contributed by atoms with Gasteiger partial charge in [0.2, 0.25) is 0 Å². The van der Waals surface area contributed by atoms with Gasteiger partial charge in [-0.3, -0.25) is 0 Å². The minimum absolute atomic E-state index is 0.0180. The Hall–Kier alpha value is -0.770. The zero-order valence-electron chi connectivity index (χ0n) is 7.57. The molecule has 5 nitrogen and oxygen atoms in total. The van der Waals surface area contributed by atoms with Gasteiger partial charge in [-0.05, 0) is 37.9 Å². The molecule has 2 aliphatic heterocycles. The Morgan fingerprint density at radius 1 is 1.46 bits per heavy atom. The maximum atomic E-state index is 8.30. The van der Waals surface area contributed by atoms with Crippen molar-refractivity contribution >= 4 is 0 Å². The molecule has 0 aliphatic carbocycles. The van der Waals surface area contributed by atoms with Gasteiger partial charge in [0.1, 0.15) is 0 Å². The molecule has 1 N–H and O–H groups in total. The number of ether oxygens (including phenoxy) is 1. The van der Waals surface area contributed by atoms with Crippen LogP contribution in [0.1, 0.15) is 19.3 Å². The van der Waals surface area contributed by atoms with Gasteiger partial charge in [0.15, 0.2) is 0 Å². The van der Waals surface area contributed by atoms with Crippen LogP contribution in [0.25, 0.3) is 10.4 Å². The summed E-state index contributed by atoms with van der Waals surface area (Å²) in [4.78, 5) is 2.83. The van der Waals surface area contributed by atoms with Gasteiger partial charge in [-0.15, -0.1) is 0 Å². The molecule has 2 heterocycles. The molecule has 2 fully saturated rings. The van der Waals surface area contributed by atoms with Crippen LogP contribution >= 0.6 is 0 Å². The van der Waals surface area contributed by atoms with E-state index in [9.17, 15) is 0 Å². The van der Waals surface area contributed by atoms with Crippen molar-refractivity contribution in [1.29, 1.82) is 0 Å². The fourth-order valence-corrected chi connectivity index (χ4v) is 2.20. The predicted octanol–water partition coefficient (Wildman–Crippen LogP) is 1.21. The SMILES string of the molecule is [N-]=[N+]=NC1COC2(CCNCC2)C1. The van der Waals surface area contributed by atoms with Gasteiger partial charge < -0.3 is 10.1 Å². The third kappa shape index (κ3) is 1.77. The summed E-state index contributed by atoms with van der Waals surface area (Å²) < 4.78 is 5.74. The van der Waals surface area contributed by atoms with Gasteiger partial charge in [-0.25, -0.2) is 0 Å². The van der Waals surface area contributed by atoms with Crippen molar-refractivity contribution in [2.24, 2.45) is 5.11 Å². The van der Waals surface area contributed by atoms with Crippen molar-refractivity contribution in [2.45, 2.75) is 30.9 Å². The molecule has 1 unspecified atom stereocenters. The Balaban J connectivity index is 1.98. The maximum Gasteiger partial charge on any atom is 0.0711 e. The maximum absolute atomic E-state index is 8.30. The highest BCUT2D eigenvalue weighted by Crippen LogP contribution is 2.35. The van der Waals surface area contributed by atoms with Crippen molar-refractivity contribution in [3.63, 3.8) is 0 Å². The van der Waals surface area contributed by atoms with Gasteiger partial charge >= 0.3 is 0 Å². The van der Waals surface area contributed by atoms with E-state index >= 15 is 0 Å². The van der Waals surface area contributed by atoms with E-state index in [1.165, 1.54) is 0 Å². The molecule has 0 aromatic heterocycles. The van der Waals surface area contributed by atoms with Crippen LogP contribution in [0.4, 0.5) is 0 Å². The van der Waals surface area contributed by atoms with Crippen LogP contribution in [-0.2, 0) is 4.74 Å². The van der Waals surface area contributed by atoms with Gasteiger partial charge in [0.25, 0.3) is 0 Å². The molecule has 2 aliphatic rings. The fourth-order valence-electron chi connectivity index (χ4n) is 2.20. The quantitative estimate of drug-likeness (QED) is 0.376. The van der Waals surface area contributed by atoms with E-state index in [2.05, 4.69) is 15.3 Å². The minimum atomic E-state index is 0.0180. The van der Waals surface area contributed by atoms with Crippen LogP contribution in [-0.4, -0.2) is 31.3 Å². The van der Waals surface area contributed by atoms with Crippen molar-refractivity contribution in [2.75, 3.05) is 19.7 Å². The third-order valence-corrected chi connectivity index (χ3v) is 2.92. The van der Waals surface area contributed by atoms with Crippen molar-refractivity contribution in [1.82, 2.24) is 5.32 Å². The van der Waals surface area contributed by atoms with Crippen LogP contribution in [0.3, 0.4) is 0 Å². The molecule has 5 heteroatoms. The molecule has 0 aromatic rings. The first-order valence-electron chi connectivity index (χ1n) is 4.74. The molecule has 0 bridgehead atoms. The first kappa shape index (κ1) is 8.81. The zero-order valence-corrected chi connectivity index (χ0v) is 7.57. The number of piperidine rings is 1. The highest BCUT2D eigenvalue weighted by atomic mass is 16.5. The van der Waals surface area contributed by atoms with E-state index in [1.807, 2.05) is 0 Å². The lowest BCUT2D eigenvalue weighted by Gasteiger charge is -2.32. The molecule has 72 valence electrons. The molecule has 2 rings (SSSR count). The summed E-state index contributed by atoms with van der Waals surface area (Å²) >= 11 is 0. The van der Waals surface area contributed by atoms with Crippen LogP contribution < -0.4 is 5.32 Å². The number of nitrogens with one attached hydrogen (secondary N) is 1. The molecule has 2 saturated heterocycles. The van der Waals surface area contributed by atoms with E-state index < -0.39 is 0 Å². The summed E-state index contributed by atoms with van der Waals surface area (Å²) in [5.74, 6) is 0. The average molecular weight is 182 g/mol. The van der Waals surface area contributed by atoms with Crippen LogP contribution in [0.5, 0.6) is 0 Å². The smallest absolute Gasteiger partial charge is 0.0711 e. The zero-order chi connectivity index (χ0) is 9.15. The second-order valence-electron chi connectivity index (χ2n) is 3.81. The molecule has 0 aromatic carbocycles. The molecule has 13 heavy (non-hydrogen) atoms. The summed E-state index contributed by atoms with van der Waals surface area (Å²) in [5.41, 5.74) is 8.32. The summed E-state index contributed by atoms with van der Waals surface area (Å²) in [6.45, 7) is 2.63. The Labute approximate surface area is 77.1 Å². The molecule has 1 spiro atoms. The van der Waals surface area contributed by atoms with E-state index in [0.717, 1.165) is 32.4 Å². The van der Waals surface area contributed by atoms with Gasteiger partial charge in [0, 0.05) is 4.91 Å². The first-order valence-corrected chi connectivity index (χ1v) is 4.74. The molecule has 0 radical (unpaired) electrons. The lowest BCUT2D eigenvalue weighted by molar-refractivity contribution is -0.0192. The average Bonchev–Trinajstić information content (AvgIpc) is 2.51. The van der Waals surface area contributed by atoms with E-state index in [1.54, 1.807) is 0 Å². The van der Waals surface area contributed by atoms with Crippen molar-refractivity contribution in [3.8, 4) is 0 Å². The van der Waals surface area contributed by atoms with Crippen LogP contribution in [0, 0.1) is 0 Å². The first-order chi connectivity index (χ1) is 6.35. The second-order valence-corrected chi connectivity index (χ2v) is 3.81. The number of rotatable bonds is 1. The van der Waals surface area contributed by atoms with Gasteiger partial charge in [-0.2, -0.15) is 0 Å². The summed E-state index contributed by atoms with van der Waals surface area (Å²) in [6, 6.07) is 0.0584. The number of hydrogen-bond acceptors (Lipinski definition) is 3. The normalized spacial score (nSPS) is 31.5. The van der Waals surface area contributed by atoms with Crippen LogP contribution in [0.15, 0.2) is 5.11 Å². The van der Waals surface area contributed by atoms with Crippen molar-refractivity contribution in [3.05, 3.63) is 10.4 Å². The summed E-state index contributed by atoms with van der Waals surface area (Å²) in [6.07, 6.45) is 2.99. The monoisotopic (exact) mass is 182 g/mol. The highest BCUT2D eigenvalue weighted by Gasteiger charge is 2.40. The Morgan fingerprint density at radius 3 is 2.92 bits per heavy atom. The number of nitrogens with zero attached hydrogens (tertiary/aromatic N) is 3. The summed E-state index contributed by atoms with van der Waals surface area (Å²) in [7, 11) is 0. The Morgan fingerprint density at radius 2 is 2.23 bits per heavy atom. The Bertz CT molecular complexity index is 230. The Kier molecular flexibility index (Phi) is 2.40. The third-order valence-electron chi connectivity index (χ3n) is 2.92. The van der Waals surface area contributed by atoms with Crippen molar-refractivity contribution < 1.29 is 4.74 Å². The lowest BCUT2D eigenvalue weighted by Crippen LogP contribution is -2.41. The molecule has 1 atom stereocenters. The minimum Gasteiger partial charge on any atom is -0.374 e. The number of azide groups is 1.